The first-order chi connectivity index (χ1) is 12.0. The van der Waals surface area contributed by atoms with E-state index in [2.05, 4.69) is 15.2 Å². The summed E-state index contributed by atoms with van der Waals surface area (Å²) in [4.78, 5) is 18.6. The quantitative estimate of drug-likeness (QED) is 0.731. The molecule has 1 aliphatic heterocycles. The number of amides is 1. The van der Waals surface area contributed by atoms with Crippen molar-refractivity contribution in [3.63, 3.8) is 0 Å². The molecule has 4 rings (SSSR count). The monoisotopic (exact) mass is 341 g/mol. The molecule has 0 saturated heterocycles. The van der Waals surface area contributed by atoms with Gasteiger partial charge < -0.3 is 9.32 Å². The van der Waals surface area contributed by atoms with Crippen molar-refractivity contribution in [3.8, 4) is 11.5 Å². The van der Waals surface area contributed by atoms with E-state index < -0.39 is 6.04 Å². The maximum Gasteiger partial charge on any atom is 0.246 e. The first-order valence-electron chi connectivity index (χ1n) is 7.92. The molecule has 0 aliphatic carbocycles. The number of hydrogen-bond donors (Lipinski definition) is 0. The van der Waals surface area contributed by atoms with Crippen molar-refractivity contribution < 1.29 is 13.6 Å². The van der Waals surface area contributed by atoms with Crippen LogP contribution in [0.15, 0.2) is 35.1 Å². The highest BCUT2D eigenvalue weighted by atomic mass is 19.1. The van der Waals surface area contributed by atoms with Gasteiger partial charge in [0.15, 0.2) is 18.0 Å². The highest BCUT2D eigenvalue weighted by molar-refractivity contribution is 5.82. The molecule has 25 heavy (non-hydrogen) atoms. The molecule has 1 aliphatic rings. The van der Waals surface area contributed by atoms with Crippen LogP contribution in [0.25, 0.3) is 11.5 Å². The van der Waals surface area contributed by atoms with Gasteiger partial charge in [-0.05, 0) is 31.5 Å². The Morgan fingerprint density at radius 1 is 1.36 bits per heavy atom. The molecule has 1 atom stereocenters. The third-order valence-corrected chi connectivity index (χ3v) is 4.37. The predicted molar refractivity (Wildman–Crippen MR) is 85.6 cm³/mol. The highest BCUT2D eigenvalue weighted by Gasteiger charge is 2.34. The zero-order valence-electron chi connectivity index (χ0n) is 13.8. The lowest BCUT2D eigenvalue weighted by molar-refractivity contribution is -0.137. The number of carbonyl (C=O) groups is 1. The Balaban J connectivity index is 1.67. The summed E-state index contributed by atoms with van der Waals surface area (Å²) >= 11 is 0. The van der Waals surface area contributed by atoms with Crippen molar-refractivity contribution in [2.24, 2.45) is 0 Å². The molecule has 128 valence electrons. The summed E-state index contributed by atoms with van der Waals surface area (Å²) in [7, 11) is 0. The highest BCUT2D eigenvalue weighted by Crippen LogP contribution is 2.29. The largest absolute Gasteiger partial charge is 0.448 e. The molecule has 0 radical (unpaired) electrons. The maximum atomic E-state index is 13.4. The van der Waals surface area contributed by atoms with Crippen LogP contribution in [-0.4, -0.2) is 30.6 Å². The van der Waals surface area contributed by atoms with Crippen molar-refractivity contribution in [2.75, 3.05) is 0 Å². The Morgan fingerprint density at radius 3 is 2.92 bits per heavy atom. The molecular formula is C17H16FN5O2. The standard InChI is InChI=1S/C17H16FN5O2/c1-10-17(24)22(7-12-4-3-5-13(18)6-12)8-14-20-21-16(23(10)14)15-11(2)25-9-19-15/h3-6,9-10H,7-8H2,1-2H3/t10-/m0/s1. The molecule has 0 bridgehead atoms. The number of halogens is 1. The van der Waals surface area contributed by atoms with E-state index in [1.165, 1.54) is 18.5 Å². The molecule has 7 nitrogen and oxygen atoms in total. The summed E-state index contributed by atoms with van der Waals surface area (Å²) in [6.45, 7) is 4.22. The number of benzene rings is 1. The van der Waals surface area contributed by atoms with Crippen LogP contribution in [0.3, 0.4) is 0 Å². The molecular weight excluding hydrogens is 325 g/mol. The van der Waals surface area contributed by atoms with Gasteiger partial charge in [0.1, 0.15) is 23.3 Å². The van der Waals surface area contributed by atoms with Crippen molar-refractivity contribution in [2.45, 2.75) is 33.0 Å². The summed E-state index contributed by atoms with van der Waals surface area (Å²) in [5, 5.41) is 8.40. The lowest BCUT2D eigenvalue weighted by Crippen LogP contribution is -2.41. The molecule has 0 spiro atoms. The van der Waals surface area contributed by atoms with Gasteiger partial charge in [-0.3, -0.25) is 9.36 Å². The molecule has 8 heteroatoms. The average molecular weight is 341 g/mol. The lowest BCUT2D eigenvalue weighted by atomic mass is 10.1. The molecule has 2 aromatic heterocycles. The fourth-order valence-corrected chi connectivity index (χ4v) is 3.13. The number of rotatable bonds is 3. The summed E-state index contributed by atoms with van der Waals surface area (Å²) in [5.41, 5.74) is 1.32. The van der Waals surface area contributed by atoms with E-state index in [1.54, 1.807) is 35.4 Å². The zero-order valence-corrected chi connectivity index (χ0v) is 13.8. The minimum Gasteiger partial charge on any atom is -0.448 e. The van der Waals surface area contributed by atoms with E-state index >= 15 is 0 Å². The van der Waals surface area contributed by atoms with Crippen molar-refractivity contribution in [1.82, 2.24) is 24.6 Å². The number of carbonyl (C=O) groups excluding carboxylic acids is 1. The summed E-state index contributed by atoms with van der Waals surface area (Å²) in [6, 6.07) is 5.77. The lowest BCUT2D eigenvalue weighted by Gasteiger charge is -2.32. The van der Waals surface area contributed by atoms with Crippen LogP contribution < -0.4 is 0 Å². The SMILES string of the molecule is Cc1ocnc1-c1nnc2n1[C@@H](C)C(=O)N(Cc1cccc(F)c1)C2. The van der Waals surface area contributed by atoms with Crippen LogP contribution in [0, 0.1) is 12.7 Å². The fourth-order valence-electron chi connectivity index (χ4n) is 3.13. The minimum absolute atomic E-state index is 0.0704. The van der Waals surface area contributed by atoms with E-state index in [4.69, 9.17) is 4.42 Å². The Kier molecular flexibility index (Phi) is 3.60. The number of aromatic nitrogens is 4. The molecule has 0 saturated carbocycles. The number of fused-ring (bicyclic) bond motifs is 1. The van der Waals surface area contributed by atoms with Gasteiger partial charge in [-0.25, -0.2) is 9.37 Å². The zero-order chi connectivity index (χ0) is 17.6. The summed E-state index contributed by atoms with van der Waals surface area (Å²) in [6.07, 6.45) is 1.35. The van der Waals surface area contributed by atoms with Gasteiger partial charge in [-0.1, -0.05) is 12.1 Å². The first kappa shape index (κ1) is 15.5. The van der Waals surface area contributed by atoms with E-state index in [9.17, 15) is 9.18 Å². The van der Waals surface area contributed by atoms with Crippen LogP contribution in [0.1, 0.15) is 30.1 Å². The molecule has 3 heterocycles. The maximum absolute atomic E-state index is 13.4. The molecule has 0 fully saturated rings. The number of aryl methyl sites for hydroxylation is 1. The van der Waals surface area contributed by atoms with Crippen molar-refractivity contribution in [1.29, 1.82) is 0 Å². The normalized spacial score (nSPS) is 17.0. The van der Waals surface area contributed by atoms with E-state index in [0.717, 1.165) is 5.56 Å². The molecule has 1 aromatic carbocycles. The van der Waals surface area contributed by atoms with E-state index in [-0.39, 0.29) is 11.7 Å². The third-order valence-electron chi connectivity index (χ3n) is 4.37. The first-order valence-corrected chi connectivity index (χ1v) is 7.92. The third kappa shape index (κ3) is 2.59. The van der Waals surface area contributed by atoms with Gasteiger partial charge in [-0.15, -0.1) is 10.2 Å². The Bertz CT molecular complexity index is 948. The second kappa shape index (κ2) is 5.80. The smallest absolute Gasteiger partial charge is 0.246 e. The summed E-state index contributed by atoms with van der Waals surface area (Å²) in [5.74, 6) is 1.42. The predicted octanol–water partition coefficient (Wildman–Crippen LogP) is 2.48. The van der Waals surface area contributed by atoms with Crippen LogP contribution >= 0.6 is 0 Å². The van der Waals surface area contributed by atoms with Crippen LogP contribution in [-0.2, 0) is 17.9 Å². The summed E-state index contributed by atoms with van der Waals surface area (Å²) < 4.78 is 20.4. The topological polar surface area (TPSA) is 77.0 Å². The number of hydrogen-bond acceptors (Lipinski definition) is 5. The van der Waals surface area contributed by atoms with Crippen molar-refractivity contribution >= 4 is 5.91 Å². The van der Waals surface area contributed by atoms with Gasteiger partial charge in [0.2, 0.25) is 5.91 Å². The van der Waals surface area contributed by atoms with Crippen LogP contribution in [0.2, 0.25) is 0 Å². The molecule has 0 unspecified atom stereocenters. The van der Waals surface area contributed by atoms with Crippen LogP contribution in [0.5, 0.6) is 0 Å². The molecule has 0 N–H and O–H groups in total. The number of nitrogens with zero attached hydrogens (tertiary/aromatic N) is 5. The van der Waals surface area contributed by atoms with Crippen molar-refractivity contribution in [3.05, 3.63) is 53.6 Å². The van der Waals surface area contributed by atoms with Gasteiger partial charge >= 0.3 is 0 Å². The second-order valence-corrected chi connectivity index (χ2v) is 6.07. The Labute approximate surface area is 143 Å². The van der Waals surface area contributed by atoms with Crippen LogP contribution in [0.4, 0.5) is 4.39 Å². The molecule has 1 amide bonds. The van der Waals surface area contributed by atoms with Gasteiger partial charge in [-0.2, -0.15) is 0 Å². The molecule has 3 aromatic rings. The number of oxazole rings is 1. The second-order valence-electron chi connectivity index (χ2n) is 6.07. The van der Waals surface area contributed by atoms with Gasteiger partial charge in [0.05, 0.1) is 6.54 Å². The Hall–Kier alpha value is -3.03. The van der Waals surface area contributed by atoms with E-state index in [0.29, 0.717) is 36.2 Å². The van der Waals surface area contributed by atoms with Gasteiger partial charge in [0, 0.05) is 6.54 Å². The van der Waals surface area contributed by atoms with Gasteiger partial charge in [0.25, 0.3) is 0 Å². The minimum atomic E-state index is -0.474. The van der Waals surface area contributed by atoms with E-state index in [1.807, 2.05) is 0 Å². The average Bonchev–Trinajstić information content (AvgIpc) is 3.18. The fraction of sp³-hybridized carbons (Fsp3) is 0.294. The Morgan fingerprint density at radius 2 is 2.20 bits per heavy atom.